The maximum absolute atomic E-state index is 13.0. The van der Waals surface area contributed by atoms with Crippen LogP contribution in [0.3, 0.4) is 0 Å². The lowest BCUT2D eigenvalue weighted by atomic mass is 10.1. The monoisotopic (exact) mass is 301 g/mol. The lowest BCUT2D eigenvalue weighted by Crippen LogP contribution is -2.31. The van der Waals surface area contributed by atoms with Crippen molar-refractivity contribution in [3.63, 3.8) is 0 Å². The van der Waals surface area contributed by atoms with E-state index in [2.05, 4.69) is 0 Å². The Kier molecular flexibility index (Phi) is 5.15. The number of hydrogen-bond acceptors (Lipinski definition) is 2. The maximum Gasteiger partial charge on any atom is 0.308 e. The normalized spacial score (nSPS) is 12.0. The fraction of sp³-hybridized carbons (Fsp3) is 0.278. The van der Waals surface area contributed by atoms with Crippen molar-refractivity contribution in [2.75, 3.05) is 11.4 Å². The molecule has 2 rings (SSSR count). The number of benzene rings is 2. The molecule has 0 saturated heterocycles. The van der Waals surface area contributed by atoms with Gasteiger partial charge in [-0.1, -0.05) is 31.2 Å². The molecule has 0 fully saturated rings. The van der Waals surface area contributed by atoms with E-state index in [0.29, 0.717) is 13.1 Å². The van der Waals surface area contributed by atoms with Gasteiger partial charge in [-0.3, -0.25) is 4.79 Å². The van der Waals surface area contributed by atoms with E-state index in [4.69, 9.17) is 5.11 Å². The number of carboxylic acids is 1. The first-order valence-corrected chi connectivity index (χ1v) is 7.24. The van der Waals surface area contributed by atoms with E-state index in [1.807, 2.05) is 36.1 Å². The molecule has 1 unspecified atom stereocenters. The number of hydrogen-bond donors (Lipinski definition) is 1. The Bertz CT molecular complexity index is 640. The number of halogens is 1. The Labute approximate surface area is 130 Å². The summed E-state index contributed by atoms with van der Waals surface area (Å²) in [5, 5.41) is 9.16. The van der Waals surface area contributed by atoms with Crippen molar-refractivity contribution in [1.29, 1.82) is 0 Å². The van der Waals surface area contributed by atoms with Crippen LogP contribution in [0.5, 0.6) is 0 Å². The molecule has 116 valence electrons. The Hall–Kier alpha value is -2.36. The summed E-state index contributed by atoms with van der Waals surface area (Å²) in [5.41, 5.74) is 3.03. The van der Waals surface area contributed by atoms with Gasteiger partial charge < -0.3 is 10.0 Å². The van der Waals surface area contributed by atoms with E-state index in [9.17, 15) is 9.18 Å². The number of carbonyl (C=O) groups is 1. The molecule has 0 aliphatic heterocycles. The quantitative estimate of drug-likeness (QED) is 0.880. The molecule has 0 heterocycles. The molecule has 2 aromatic rings. The van der Waals surface area contributed by atoms with Crippen molar-refractivity contribution in [2.45, 2.75) is 20.4 Å². The molecule has 0 spiro atoms. The summed E-state index contributed by atoms with van der Waals surface area (Å²) in [6.45, 7) is 4.63. The van der Waals surface area contributed by atoms with Crippen molar-refractivity contribution in [3.05, 3.63) is 65.5 Å². The van der Waals surface area contributed by atoms with E-state index in [0.717, 1.165) is 16.8 Å². The van der Waals surface area contributed by atoms with Gasteiger partial charge >= 0.3 is 5.97 Å². The standard InChI is InChI=1S/C18H20FNO2/c1-13-4-3-5-17(10-13)20(11-14(2)18(21)22)12-15-6-8-16(19)9-7-15/h3-10,14H,11-12H2,1-2H3,(H,21,22). The number of anilines is 1. The lowest BCUT2D eigenvalue weighted by Gasteiger charge is -2.27. The second kappa shape index (κ2) is 7.07. The van der Waals surface area contributed by atoms with Gasteiger partial charge in [0.05, 0.1) is 5.92 Å². The zero-order valence-electron chi connectivity index (χ0n) is 12.8. The summed E-state index contributed by atoms with van der Waals surface area (Å²) in [4.78, 5) is 13.2. The van der Waals surface area contributed by atoms with E-state index >= 15 is 0 Å². The minimum absolute atomic E-state index is 0.273. The molecule has 1 N–H and O–H groups in total. The second-order valence-electron chi connectivity index (χ2n) is 5.59. The Morgan fingerprint density at radius 3 is 2.50 bits per heavy atom. The van der Waals surface area contributed by atoms with Gasteiger partial charge in [0.25, 0.3) is 0 Å². The largest absolute Gasteiger partial charge is 0.481 e. The number of carboxylic acid groups (broad SMARTS) is 1. The van der Waals surface area contributed by atoms with Crippen LogP contribution in [0, 0.1) is 18.7 Å². The van der Waals surface area contributed by atoms with Crippen molar-refractivity contribution < 1.29 is 14.3 Å². The van der Waals surface area contributed by atoms with Crippen LogP contribution < -0.4 is 4.90 Å². The van der Waals surface area contributed by atoms with E-state index in [1.165, 1.54) is 12.1 Å². The first-order chi connectivity index (χ1) is 10.5. The van der Waals surface area contributed by atoms with Gasteiger partial charge in [-0.2, -0.15) is 0 Å². The van der Waals surface area contributed by atoms with Crippen molar-refractivity contribution in [2.24, 2.45) is 5.92 Å². The van der Waals surface area contributed by atoms with Gasteiger partial charge in [-0.15, -0.1) is 0 Å². The molecule has 0 saturated carbocycles. The number of aryl methyl sites for hydroxylation is 1. The van der Waals surface area contributed by atoms with Crippen LogP contribution in [0.25, 0.3) is 0 Å². The van der Waals surface area contributed by atoms with E-state index < -0.39 is 11.9 Å². The van der Waals surface area contributed by atoms with Gasteiger partial charge in [-0.05, 0) is 42.3 Å². The molecular weight excluding hydrogens is 281 g/mol. The third kappa shape index (κ3) is 4.32. The lowest BCUT2D eigenvalue weighted by molar-refractivity contribution is -0.140. The van der Waals surface area contributed by atoms with Crippen LogP contribution in [0.2, 0.25) is 0 Å². The third-order valence-electron chi connectivity index (χ3n) is 3.57. The van der Waals surface area contributed by atoms with Crippen LogP contribution in [0.15, 0.2) is 48.5 Å². The number of nitrogens with zero attached hydrogens (tertiary/aromatic N) is 1. The third-order valence-corrected chi connectivity index (χ3v) is 3.57. The second-order valence-corrected chi connectivity index (χ2v) is 5.59. The Balaban J connectivity index is 2.24. The molecule has 3 nitrogen and oxygen atoms in total. The smallest absolute Gasteiger partial charge is 0.308 e. The first kappa shape index (κ1) is 16.0. The summed E-state index contributed by atoms with van der Waals surface area (Å²) >= 11 is 0. The summed E-state index contributed by atoms with van der Waals surface area (Å²) < 4.78 is 13.0. The maximum atomic E-state index is 13.0. The molecule has 0 aromatic heterocycles. The molecule has 1 atom stereocenters. The van der Waals surface area contributed by atoms with Crippen LogP contribution in [-0.2, 0) is 11.3 Å². The minimum atomic E-state index is -0.822. The van der Waals surface area contributed by atoms with Crippen LogP contribution >= 0.6 is 0 Å². The Morgan fingerprint density at radius 1 is 1.23 bits per heavy atom. The first-order valence-electron chi connectivity index (χ1n) is 7.24. The molecule has 0 aliphatic rings. The topological polar surface area (TPSA) is 40.5 Å². The van der Waals surface area contributed by atoms with Gasteiger partial charge in [0.1, 0.15) is 5.82 Å². The highest BCUT2D eigenvalue weighted by Gasteiger charge is 2.17. The molecule has 2 aromatic carbocycles. The molecule has 4 heteroatoms. The van der Waals surface area contributed by atoms with Crippen LogP contribution in [0.4, 0.5) is 10.1 Å². The molecular formula is C18H20FNO2. The van der Waals surface area contributed by atoms with E-state index in [1.54, 1.807) is 19.1 Å². The highest BCUT2D eigenvalue weighted by molar-refractivity contribution is 5.70. The zero-order valence-corrected chi connectivity index (χ0v) is 12.8. The fourth-order valence-corrected chi connectivity index (χ4v) is 2.30. The number of rotatable bonds is 6. The average Bonchev–Trinajstić information content (AvgIpc) is 2.48. The minimum Gasteiger partial charge on any atom is -0.481 e. The van der Waals surface area contributed by atoms with Crippen LogP contribution in [-0.4, -0.2) is 17.6 Å². The zero-order chi connectivity index (χ0) is 16.1. The molecule has 22 heavy (non-hydrogen) atoms. The Morgan fingerprint density at radius 2 is 1.91 bits per heavy atom. The summed E-state index contributed by atoms with van der Waals surface area (Å²) in [7, 11) is 0. The van der Waals surface area contributed by atoms with Crippen molar-refractivity contribution in [3.8, 4) is 0 Å². The van der Waals surface area contributed by atoms with Crippen molar-refractivity contribution >= 4 is 11.7 Å². The van der Waals surface area contributed by atoms with Gasteiger partial charge in [0.15, 0.2) is 0 Å². The van der Waals surface area contributed by atoms with Gasteiger partial charge in [-0.25, -0.2) is 4.39 Å². The highest BCUT2D eigenvalue weighted by atomic mass is 19.1. The van der Waals surface area contributed by atoms with Crippen molar-refractivity contribution in [1.82, 2.24) is 0 Å². The summed E-state index contributed by atoms with van der Waals surface area (Å²) in [6, 6.07) is 14.2. The van der Waals surface area contributed by atoms with Crippen LogP contribution in [0.1, 0.15) is 18.1 Å². The molecule has 0 amide bonds. The van der Waals surface area contributed by atoms with Gasteiger partial charge in [0, 0.05) is 18.8 Å². The predicted octanol–water partition coefficient (Wildman–Crippen LogP) is 3.86. The summed E-state index contributed by atoms with van der Waals surface area (Å²) in [5.74, 6) is -1.58. The average molecular weight is 301 g/mol. The van der Waals surface area contributed by atoms with E-state index in [-0.39, 0.29) is 5.82 Å². The SMILES string of the molecule is Cc1cccc(N(Cc2ccc(F)cc2)CC(C)C(=O)O)c1. The molecule has 0 radical (unpaired) electrons. The predicted molar refractivity (Wildman–Crippen MR) is 85.4 cm³/mol. The van der Waals surface area contributed by atoms with Gasteiger partial charge in [0.2, 0.25) is 0 Å². The molecule has 0 aliphatic carbocycles. The fourth-order valence-electron chi connectivity index (χ4n) is 2.30. The number of aliphatic carboxylic acids is 1. The highest BCUT2D eigenvalue weighted by Crippen LogP contribution is 2.20. The molecule has 0 bridgehead atoms. The summed E-state index contributed by atoms with van der Waals surface area (Å²) in [6.07, 6.45) is 0.